The number of amides is 3. The van der Waals surface area contributed by atoms with Gasteiger partial charge in [0.15, 0.2) is 5.13 Å². The van der Waals surface area contributed by atoms with E-state index in [-0.39, 0.29) is 11.9 Å². The zero-order valence-corrected chi connectivity index (χ0v) is 15.9. The van der Waals surface area contributed by atoms with E-state index in [0.717, 1.165) is 12.8 Å². The van der Waals surface area contributed by atoms with Gasteiger partial charge in [0.05, 0.1) is 0 Å². The maximum absolute atomic E-state index is 12.1. The standard InChI is InChI=1S/C19H26N4O2S/c1-2-3-4-5-6-10-13-20-17(24)16-14-26-19(22-16)23-18(25)21-15-11-8-7-9-12-15/h7-9,11-12,14H,2-6,10,13H2,1H3,(H,20,24)(H2,21,22,23,25). The van der Waals surface area contributed by atoms with Crippen LogP contribution in [0.25, 0.3) is 0 Å². The van der Waals surface area contributed by atoms with Crippen molar-refractivity contribution in [3.8, 4) is 0 Å². The van der Waals surface area contributed by atoms with Crippen molar-refractivity contribution in [1.29, 1.82) is 0 Å². The number of urea groups is 1. The molecule has 140 valence electrons. The molecule has 2 aromatic rings. The summed E-state index contributed by atoms with van der Waals surface area (Å²) < 4.78 is 0. The Kier molecular flexibility index (Phi) is 8.62. The smallest absolute Gasteiger partial charge is 0.325 e. The summed E-state index contributed by atoms with van der Waals surface area (Å²) in [5.74, 6) is -0.202. The SMILES string of the molecule is CCCCCCCCNC(=O)c1csc(NC(=O)Nc2ccccc2)n1. The number of carbonyl (C=O) groups is 2. The molecule has 0 fully saturated rings. The lowest BCUT2D eigenvalue weighted by molar-refractivity contribution is 0.0948. The molecule has 0 aliphatic heterocycles. The summed E-state index contributed by atoms with van der Waals surface area (Å²) >= 11 is 1.23. The number of nitrogens with zero attached hydrogens (tertiary/aromatic N) is 1. The van der Waals surface area contributed by atoms with E-state index in [2.05, 4.69) is 27.9 Å². The molecule has 3 amide bonds. The first-order valence-electron chi connectivity index (χ1n) is 9.06. The highest BCUT2D eigenvalue weighted by Gasteiger charge is 2.12. The molecule has 0 spiro atoms. The molecule has 0 bridgehead atoms. The monoisotopic (exact) mass is 374 g/mol. The minimum atomic E-state index is -0.385. The number of hydrogen-bond acceptors (Lipinski definition) is 4. The molecule has 1 heterocycles. The van der Waals surface area contributed by atoms with Crippen LogP contribution in [0.1, 0.15) is 55.9 Å². The molecule has 0 radical (unpaired) electrons. The fourth-order valence-electron chi connectivity index (χ4n) is 2.41. The van der Waals surface area contributed by atoms with Gasteiger partial charge < -0.3 is 10.6 Å². The van der Waals surface area contributed by atoms with Gasteiger partial charge in [0.25, 0.3) is 5.91 Å². The number of thiazole rings is 1. The zero-order chi connectivity index (χ0) is 18.6. The molecule has 6 nitrogen and oxygen atoms in total. The maximum Gasteiger partial charge on any atom is 0.325 e. The van der Waals surface area contributed by atoms with Gasteiger partial charge in [-0.1, -0.05) is 57.2 Å². The van der Waals surface area contributed by atoms with Crippen molar-refractivity contribution >= 4 is 34.1 Å². The second kappa shape index (κ2) is 11.3. The first-order valence-corrected chi connectivity index (χ1v) is 9.93. The number of unbranched alkanes of at least 4 members (excludes halogenated alkanes) is 5. The molecule has 7 heteroatoms. The Hall–Kier alpha value is -2.41. The van der Waals surface area contributed by atoms with Crippen LogP contribution in [0.3, 0.4) is 0 Å². The van der Waals surface area contributed by atoms with Crippen molar-refractivity contribution in [3.05, 3.63) is 41.4 Å². The Bertz CT molecular complexity index is 688. The van der Waals surface area contributed by atoms with Crippen LogP contribution in [-0.4, -0.2) is 23.5 Å². The van der Waals surface area contributed by atoms with Crippen LogP contribution in [0.2, 0.25) is 0 Å². The minimum Gasteiger partial charge on any atom is -0.351 e. The summed E-state index contributed by atoms with van der Waals surface area (Å²) in [6, 6.07) is 8.76. The number of benzene rings is 1. The number of nitrogens with one attached hydrogen (secondary N) is 3. The van der Waals surface area contributed by atoms with E-state index >= 15 is 0 Å². The molecular weight excluding hydrogens is 348 g/mol. The molecule has 1 aromatic carbocycles. The lowest BCUT2D eigenvalue weighted by Crippen LogP contribution is -2.25. The van der Waals surface area contributed by atoms with Crippen LogP contribution >= 0.6 is 11.3 Å². The molecule has 0 aliphatic rings. The van der Waals surface area contributed by atoms with Gasteiger partial charge in [0, 0.05) is 17.6 Å². The molecular formula is C19H26N4O2S. The van der Waals surface area contributed by atoms with E-state index < -0.39 is 0 Å². The Morgan fingerprint density at radius 1 is 1.00 bits per heavy atom. The highest BCUT2D eigenvalue weighted by atomic mass is 32.1. The van der Waals surface area contributed by atoms with Gasteiger partial charge in [0.2, 0.25) is 0 Å². The molecule has 0 saturated carbocycles. The largest absolute Gasteiger partial charge is 0.351 e. The van der Waals surface area contributed by atoms with E-state index in [4.69, 9.17) is 0 Å². The molecule has 0 saturated heterocycles. The van der Waals surface area contributed by atoms with E-state index in [1.54, 1.807) is 17.5 Å². The Labute approximate surface area is 158 Å². The highest BCUT2D eigenvalue weighted by Crippen LogP contribution is 2.16. The molecule has 0 unspecified atom stereocenters. The van der Waals surface area contributed by atoms with Gasteiger partial charge in [-0.2, -0.15) is 0 Å². The fourth-order valence-corrected chi connectivity index (χ4v) is 3.10. The number of aromatic nitrogens is 1. The van der Waals surface area contributed by atoms with E-state index in [1.165, 1.54) is 37.0 Å². The Balaban J connectivity index is 1.69. The van der Waals surface area contributed by atoms with Gasteiger partial charge in [0.1, 0.15) is 5.69 Å². The average molecular weight is 375 g/mol. The summed E-state index contributed by atoms with van der Waals surface area (Å²) in [4.78, 5) is 28.2. The third-order valence-corrected chi connectivity index (χ3v) is 4.56. The lowest BCUT2D eigenvalue weighted by atomic mass is 10.1. The fraction of sp³-hybridized carbons (Fsp3) is 0.421. The lowest BCUT2D eigenvalue weighted by Gasteiger charge is -2.05. The van der Waals surface area contributed by atoms with Crippen LogP contribution in [0.15, 0.2) is 35.7 Å². The van der Waals surface area contributed by atoms with E-state index in [9.17, 15) is 9.59 Å². The van der Waals surface area contributed by atoms with Crippen molar-refractivity contribution in [1.82, 2.24) is 10.3 Å². The first-order chi connectivity index (χ1) is 12.7. The highest BCUT2D eigenvalue weighted by molar-refractivity contribution is 7.14. The van der Waals surface area contributed by atoms with Crippen LogP contribution in [0.4, 0.5) is 15.6 Å². The molecule has 0 aliphatic carbocycles. The predicted octanol–water partition coefficient (Wildman–Crippen LogP) is 4.88. The second-order valence-corrected chi connectivity index (χ2v) is 6.86. The summed E-state index contributed by atoms with van der Waals surface area (Å²) in [7, 11) is 0. The average Bonchev–Trinajstić information content (AvgIpc) is 3.10. The predicted molar refractivity (Wildman–Crippen MR) is 107 cm³/mol. The molecule has 3 N–H and O–H groups in total. The number of para-hydroxylation sites is 1. The first kappa shape index (κ1) is 19.9. The quantitative estimate of drug-likeness (QED) is 0.518. The van der Waals surface area contributed by atoms with Gasteiger partial charge >= 0.3 is 6.03 Å². The van der Waals surface area contributed by atoms with Crippen molar-refractivity contribution in [3.63, 3.8) is 0 Å². The van der Waals surface area contributed by atoms with Crippen molar-refractivity contribution in [2.24, 2.45) is 0 Å². The van der Waals surface area contributed by atoms with Crippen molar-refractivity contribution in [2.45, 2.75) is 45.4 Å². The third-order valence-electron chi connectivity index (χ3n) is 3.80. The molecule has 1 aromatic heterocycles. The summed E-state index contributed by atoms with van der Waals surface area (Å²) in [6.45, 7) is 2.85. The summed E-state index contributed by atoms with van der Waals surface area (Å²) in [5, 5.41) is 10.3. The van der Waals surface area contributed by atoms with Crippen LogP contribution in [-0.2, 0) is 0 Å². The number of anilines is 2. The van der Waals surface area contributed by atoms with Gasteiger partial charge in [-0.15, -0.1) is 11.3 Å². The second-order valence-electron chi connectivity index (χ2n) is 6.01. The number of rotatable bonds is 10. The van der Waals surface area contributed by atoms with Gasteiger partial charge in [-0.3, -0.25) is 10.1 Å². The topological polar surface area (TPSA) is 83.1 Å². The summed E-state index contributed by atoms with van der Waals surface area (Å²) in [5.41, 5.74) is 1.02. The van der Waals surface area contributed by atoms with Gasteiger partial charge in [-0.05, 0) is 18.6 Å². The Morgan fingerprint density at radius 3 is 2.50 bits per heavy atom. The molecule has 2 rings (SSSR count). The zero-order valence-electron chi connectivity index (χ0n) is 15.1. The van der Waals surface area contributed by atoms with Gasteiger partial charge in [-0.25, -0.2) is 9.78 Å². The van der Waals surface area contributed by atoms with Crippen LogP contribution < -0.4 is 16.0 Å². The Morgan fingerprint density at radius 2 is 1.73 bits per heavy atom. The number of carbonyl (C=O) groups excluding carboxylic acids is 2. The summed E-state index contributed by atoms with van der Waals surface area (Å²) in [6.07, 6.45) is 7.09. The molecule has 26 heavy (non-hydrogen) atoms. The number of hydrogen-bond donors (Lipinski definition) is 3. The van der Waals surface area contributed by atoms with Crippen LogP contribution in [0, 0.1) is 0 Å². The third kappa shape index (κ3) is 7.23. The van der Waals surface area contributed by atoms with Crippen molar-refractivity contribution < 1.29 is 9.59 Å². The minimum absolute atomic E-state index is 0.202. The molecule has 0 atom stereocenters. The van der Waals surface area contributed by atoms with Crippen molar-refractivity contribution in [2.75, 3.05) is 17.2 Å². The van der Waals surface area contributed by atoms with Crippen LogP contribution in [0.5, 0.6) is 0 Å². The normalized spacial score (nSPS) is 10.3. The van der Waals surface area contributed by atoms with E-state index in [0.29, 0.717) is 23.1 Å². The van der Waals surface area contributed by atoms with E-state index in [1.807, 2.05) is 18.2 Å². The maximum atomic E-state index is 12.1.